The molecule has 0 radical (unpaired) electrons. The lowest BCUT2D eigenvalue weighted by molar-refractivity contribution is 0.102. The van der Waals surface area contributed by atoms with Crippen molar-refractivity contribution >= 4 is 17.4 Å². The number of halogens is 1. The number of aromatic nitrogens is 2. The Balaban J connectivity index is 2.18. The molecule has 2 rings (SSSR count). The maximum absolute atomic E-state index is 13.6. The van der Waals surface area contributed by atoms with E-state index < -0.39 is 11.7 Å². The minimum atomic E-state index is -0.846. The molecule has 2 aromatic rings. The van der Waals surface area contributed by atoms with Crippen molar-refractivity contribution in [3.63, 3.8) is 0 Å². The Kier molecular flexibility index (Phi) is 3.56. The first-order chi connectivity index (χ1) is 9.11. The van der Waals surface area contributed by atoms with Gasteiger partial charge in [-0.25, -0.2) is 14.4 Å². The fourth-order valence-corrected chi connectivity index (χ4v) is 1.41. The van der Waals surface area contributed by atoms with E-state index in [0.717, 1.165) is 0 Å². The first-order valence-electron chi connectivity index (χ1n) is 5.33. The van der Waals surface area contributed by atoms with Crippen LogP contribution < -0.4 is 15.8 Å². The summed E-state index contributed by atoms with van der Waals surface area (Å²) >= 11 is 0. The molecular formula is C12H11FN4O2. The fraction of sp³-hybridized carbons (Fsp3) is 0.0833. The number of ether oxygens (including phenoxy) is 1. The highest BCUT2D eigenvalue weighted by Crippen LogP contribution is 2.15. The molecule has 0 bridgehead atoms. The highest BCUT2D eigenvalue weighted by molar-refractivity contribution is 6.04. The number of carbonyl (C=O) groups excluding carboxylic acids is 1. The van der Waals surface area contributed by atoms with Crippen molar-refractivity contribution in [2.45, 2.75) is 0 Å². The number of anilines is 2. The molecule has 0 spiro atoms. The summed E-state index contributed by atoms with van der Waals surface area (Å²) in [6, 6.07) is 4.41. The molecule has 98 valence electrons. The van der Waals surface area contributed by atoms with E-state index in [2.05, 4.69) is 15.3 Å². The summed E-state index contributed by atoms with van der Waals surface area (Å²) in [5.41, 5.74) is 5.53. The number of carbonyl (C=O) groups is 1. The number of nitrogens with one attached hydrogen (secondary N) is 1. The molecule has 0 fully saturated rings. The van der Waals surface area contributed by atoms with Crippen LogP contribution in [0, 0.1) is 5.82 Å². The molecule has 3 N–H and O–H groups in total. The lowest BCUT2D eigenvalue weighted by atomic mass is 10.2. The average Bonchev–Trinajstić information content (AvgIpc) is 2.42. The molecule has 0 saturated carbocycles. The lowest BCUT2D eigenvalue weighted by Crippen LogP contribution is -2.15. The smallest absolute Gasteiger partial charge is 0.258 e. The third kappa shape index (κ3) is 2.76. The average molecular weight is 262 g/mol. The van der Waals surface area contributed by atoms with Crippen LogP contribution in [0.25, 0.3) is 0 Å². The van der Waals surface area contributed by atoms with Crippen LogP contribution in [0.4, 0.5) is 15.9 Å². The number of methoxy groups -OCH3 is 1. The standard InChI is InChI=1S/C12H11FN4O2/c1-19-9-3-2-7(6-16-9)17-12(18)8-4-5-15-11(14)10(8)13/h2-6H,1H3,(H2,14,15)(H,17,18). The van der Waals surface area contributed by atoms with Gasteiger partial charge in [0.1, 0.15) is 0 Å². The Hall–Kier alpha value is -2.70. The first-order valence-corrected chi connectivity index (χ1v) is 5.33. The van der Waals surface area contributed by atoms with E-state index in [0.29, 0.717) is 11.6 Å². The minimum absolute atomic E-state index is 0.177. The molecule has 0 unspecified atom stereocenters. The zero-order valence-electron chi connectivity index (χ0n) is 10.1. The number of pyridine rings is 2. The largest absolute Gasteiger partial charge is 0.481 e. The Morgan fingerprint density at radius 1 is 1.37 bits per heavy atom. The molecule has 2 heterocycles. The molecule has 0 aliphatic heterocycles. The predicted molar refractivity (Wildman–Crippen MR) is 67.3 cm³/mol. The Bertz CT molecular complexity index is 601. The molecule has 0 saturated heterocycles. The maximum atomic E-state index is 13.6. The van der Waals surface area contributed by atoms with E-state index in [1.54, 1.807) is 12.1 Å². The van der Waals surface area contributed by atoms with Crippen LogP contribution in [0.2, 0.25) is 0 Å². The number of nitrogens with two attached hydrogens (primary N) is 1. The number of amides is 1. The molecule has 0 aliphatic rings. The third-order valence-electron chi connectivity index (χ3n) is 2.36. The summed E-state index contributed by atoms with van der Waals surface area (Å²) in [6.45, 7) is 0. The van der Waals surface area contributed by atoms with Gasteiger partial charge in [0.25, 0.3) is 5.91 Å². The summed E-state index contributed by atoms with van der Waals surface area (Å²) in [7, 11) is 1.48. The van der Waals surface area contributed by atoms with Gasteiger partial charge in [-0.15, -0.1) is 0 Å². The van der Waals surface area contributed by atoms with Crippen molar-refractivity contribution in [1.82, 2.24) is 9.97 Å². The predicted octanol–water partition coefficient (Wildman–Crippen LogP) is 1.46. The number of hydrogen-bond donors (Lipinski definition) is 2. The molecule has 7 heteroatoms. The summed E-state index contributed by atoms with van der Waals surface area (Å²) in [5, 5.41) is 2.50. The maximum Gasteiger partial charge on any atom is 0.258 e. The number of rotatable bonds is 3. The van der Waals surface area contributed by atoms with E-state index >= 15 is 0 Å². The summed E-state index contributed by atoms with van der Waals surface area (Å²) in [4.78, 5) is 19.3. The highest BCUT2D eigenvalue weighted by Gasteiger charge is 2.14. The summed E-state index contributed by atoms with van der Waals surface area (Å²) in [6.07, 6.45) is 2.67. The molecule has 6 nitrogen and oxygen atoms in total. The quantitative estimate of drug-likeness (QED) is 0.873. The van der Waals surface area contributed by atoms with Crippen LogP contribution in [0.15, 0.2) is 30.6 Å². The van der Waals surface area contributed by atoms with E-state index in [9.17, 15) is 9.18 Å². The van der Waals surface area contributed by atoms with Crippen molar-refractivity contribution in [3.05, 3.63) is 42.0 Å². The van der Waals surface area contributed by atoms with E-state index in [-0.39, 0.29) is 11.4 Å². The normalized spacial score (nSPS) is 10.0. The molecule has 0 atom stereocenters. The van der Waals surface area contributed by atoms with Gasteiger partial charge in [0.05, 0.1) is 24.6 Å². The summed E-state index contributed by atoms with van der Waals surface area (Å²) in [5.74, 6) is -1.38. The zero-order chi connectivity index (χ0) is 13.8. The number of hydrogen-bond acceptors (Lipinski definition) is 5. The van der Waals surface area contributed by atoms with Gasteiger partial charge in [-0.05, 0) is 12.1 Å². The first kappa shape index (κ1) is 12.7. The Morgan fingerprint density at radius 2 is 2.16 bits per heavy atom. The summed E-state index contributed by atoms with van der Waals surface area (Å²) < 4.78 is 18.5. The second-order valence-electron chi connectivity index (χ2n) is 3.60. The van der Waals surface area contributed by atoms with Gasteiger partial charge in [0, 0.05) is 12.3 Å². The van der Waals surface area contributed by atoms with Crippen molar-refractivity contribution in [1.29, 1.82) is 0 Å². The SMILES string of the molecule is COc1ccc(NC(=O)c2ccnc(N)c2F)cn1. The van der Waals surface area contributed by atoms with Gasteiger partial charge in [-0.3, -0.25) is 4.79 Å². The van der Waals surface area contributed by atoms with Gasteiger partial charge in [-0.1, -0.05) is 0 Å². The molecule has 0 aromatic carbocycles. The molecule has 19 heavy (non-hydrogen) atoms. The van der Waals surface area contributed by atoms with Crippen molar-refractivity contribution < 1.29 is 13.9 Å². The van der Waals surface area contributed by atoms with Gasteiger partial charge in [0.15, 0.2) is 11.6 Å². The zero-order valence-corrected chi connectivity index (χ0v) is 10.1. The van der Waals surface area contributed by atoms with Crippen molar-refractivity contribution in [2.75, 3.05) is 18.2 Å². The van der Waals surface area contributed by atoms with Gasteiger partial charge in [-0.2, -0.15) is 0 Å². The molecule has 0 aliphatic carbocycles. The van der Waals surface area contributed by atoms with Gasteiger partial charge in [0.2, 0.25) is 5.88 Å². The van der Waals surface area contributed by atoms with E-state index in [4.69, 9.17) is 10.5 Å². The molecule has 1 amide bonds. The Labute approximate surface area is 108 Å². The van der Waals surface area contributed by atoms with Crippen molar-refractivity contribution in [3.8, 4) is 5.88 Å². The van der Waals surface area contributed by atoms with Crippen LogP contribution in [0.1, 0.15) is 10.4 Å². The lowest BCUT2D eigenvalue weighted by Gasteiger charge is -2.07. The second kappa shape index (κ2) is 5.30. The molecule has 2 aromatic heterocycles. The van der Waals surface area contributed by atoms with Crippen molar-refractivity contribution in [2.24, 2.45) is 0 Å². The highest BCUT2D eigenvalue weighted by atomic mass is 19.1. The molecular weight excluding hydrogens is 251 g/mol. The van der Waals surface area contributed by atoms with E-state index in [1.165, 1.54) is 25.6 Å². The number of nitrogen functional groups attached to an aromatic ring is 1. The van der Waals surface area contributed by atoms with Gasteiger partial charge < -0.3 is 15.8 Å². The van der Waals surface area contributed by atoms with Crippen LogP contribution in [-0.2, 0) is 0 Å². The topological polar surface area (TPSA) is 90.1 Å². The van der Waals surface area contributed by atoms with Crippen LogP contribution in [-0.4, -0.2) is 23.0 Å². The van der Waals surface area contributed by atoms with Crippen LogP contribution in [0.5, 0.6) is 5.88 Å². The fourth-order valence-electron chi connectivity index (χ4n) is 1.41. The van der Waals surface area contributed by atoms with Crippen LogP contribution >= 0.6 is 0 Å². The third-order valence-corrected chi connectivity index (χ3v) is 2.36. The van der Waals surface area contributed by atoms with Gasteiger partial charge >= 0.3 is 0 Å². The van der Waals surface area contributed by atoms with Crippen LogP contribution in [0.3, 0.4) is 0 Å². The second-order valence-corrected chi connectivity index (χ2v) is 3.60. The number of nitrogens with zero attached hydrogens (tertiary/aromatic N) is 2. The monoisotopic (exact) mass is 262 g/mol. The Morgan fingerprint density at radius 3 is 2.79 bits per heavy atom. The minimum Gasteiger partial charge on any atom is -0.481 e. The van der Waals surface area contributed by atoms with E-state index in [1.807, 2.05) is 0 Å².